The van der Waals surface area contributed by atoms with Crippen LogP contribution in [0.2, 0.25) is 0 Å². The van der Waals surface area contributed by atoms with Gasteiger partial charge in [-0.25, -0.2) is 0 Å². The first-order chi connectivity index (χ1) is 14.3. The minimum Gasteiger partial charge on any atom is -0.508 e. The number of phenolic OH excluding ortho intramolecular Hbond substituents is 1. The quantitative estimate of drug-likeness (QED) is 0.414. The van der Waals surface area contributed by atoms with Crippen molar-refractivity contribution in [3.63, 3.8) is 0 Å². The van der Waals surface area contributed by atoms with Crippen LogP contribution in [0.5, 0.6) is 11.5 Å². The maximum absolute atomic E-state index is 12.9. The van der Waals surface area contributed by atoms with E-state index >= 15 is 0 Å². The first kappa shape index (κ1) is 21.4. The van der Waals surface area contributed by atoms with Gasteiger partial charge in [0, 0.05) is 12.1 Å². The van der Waals surface area contributed by atoms with Gasteiger partial charge in [-0.15, -0.1) is 0 Å². The molecule has 1 unspecified atom stereocenters. The van der Waals surface area contributed by atoms with Crippen molar-refractivity contribution in [2.75, 3.05) is 34.3 Å². The highest BCUT2D eigenvalue weighted by Crippen LogP contribution is 2.40. The van der Waals surface area contributed by atoms with E-state index in [1.165, 1.54) is 24.1 Å². The molecule has 30 heavy (non-hydrogen) atoms. The number of Topliss-reactive ketones (excluding diaryl/α,β-unsaturated/α-hetero) is 1. The van der Waals surface area contributed by atoms with E-state index in [0.29, 0.717) is 29.8 Å². The number of ether oxygens (including phenoxy) is 1. The third-order valence-corrected chi connectivity index (χ3v) is 5.07. The van der Waals surface area contributed by atoms with Gasteiger partial charge in [-0.3, -0.25) is 9.59 Å². The van der Waals surface area contributed by atoms with Crippen LogP contribution in [0.4, 0.5) is 0 Å². The SMILES string of the molecule is COc1cccc(/C(O)=C2/C(=O)C(=O)N(CCCN(C)C)C2c2cccc(O)c2)c1. The summed E-state index contributed by atoms with van der Waals surface area (Å²) in [6.07, 6.45) is 0.661. The second-order valence-electron chi connectivity index (χ2n) is 7.48. The predicted molar refractivity (Wildman–Crippen MR) is 113 cm³/mol. The molecule has 0 bridgehead atoms. The molecule has 7 heteroatoms. The van der Waals surface area contributed by atoms with E-state index in [1.54, 1.807) is 36.4 Å². The van der Waals surface area contributed by atoms with Gasteiger partial charge >= 0.3 is 0 Å². The average Bonchev–Trinajstić information content (AvgIpc) is 2.98. The van der Waals surface area contributed by atoms with Crippen LogP contribution in [-0.2, 0) is 9.59 Å². The number of hydrogen-bond donors (Lipinski definition) is 2. The Labute approximate surface area is 175 Å². The number of hydrogen-bond acceptors (Lipinski definition) is 6. The number of nitrogens with zero attached hydrogens (tertiary/aromatic N) is 2. The lowest BCUT2D eigenvalue weighted by atomic mass is 9.95. The van der Waals surface area contributed by atoms with Crippen LogP contribution in [0.3, 0.4) is 0 Å². The Bertz CT molecular complexity index is 983. The Morgan fingerprint density at radius 2 is 1.87 bits per heavy atom. The van der Waals surface area contributed by atoms with Crippen LogP contribution in [-0.4, -0.2) is 66.0 Å². The minimum absolute atomic E-state index is 0.00343. The summed E-state index contributed by atoms with van der Waals surface area (Å²) in [7, 11) is 5.38. The normalized spacial score (nSPS) is 18.3. The van der Waals surface area contributed by atoms with Gasteiger partial charge in [0.1, 0.15) is 17.3 Å². The summed E-state index contributed by atoms with van der Waals surface area (Å²) >= 11 is 0. The topological polar surface area (TPSA) is 90.3 Å². The summed E-state index contributed by atoms with van der Waals surface area (Å²) in [4.78, 5) is 29.2. The number of amides is 1. The molecule has 2 aromatic carbocycles. The zero-order valence-corrected chi connectivity index (χ0v) is 17.3. The molecule has 0 aromatic heterocycles. The van der Waals surface area contributed by atoms with Crippen LogP contribution in [0, 0.1) is 0 Å². The molecule has 1 fully saturated rings. The third-order valence-electron chi connectivity index (χ3n) is 5.07. The molecule has 1 amide bonds. The molecule has 0 saturated carbocycles. The fourth-order valence-electron chi connectivity index (χ4n) is 3.64. The number of rotatable bonds is 7. The number of carbonyl (C=O) groups is 2. The molecule has 0 spiro atoms. The maximum atomic E-state index is 12.9. The largest absolute Gasteiger partial charge is 0.508 e. The zero-order valence-electron chi connectivity index (χ0n) is 17.3. The number of benzene rings is 2. The second-order valence-corrected chi connectivity index (χ2v) is 7.48. The van der Waals surface area contributed by atoms with Crippen molar-refractivity contribution in [1.82, 2.24) is 9.80 Å². The molecule has 1 atom stereocenters. The first-order valence-electron chi connectivity index (χ1n) is 9.70. The van der Waals surface area contributed by atoms with E-state index in [9.17, 15) is 19.8 Å². The van der Waals surface area contributed by atoms with Gasteiger partial charge < -0.3 is 24.7 Å². The van der Waals surface area contributed by atoms with E-state index < -0.39 is 17.7 Å². The second kappa shape index (κ2) is 9.00. The van der Waals surface area contributed by atoms with E-state index in [-0.39, 0.29) is 17.1 Å². The lowest BCUT2D eigenvalue weighted by Crippen LogP contribution is -2.32. The number of aliphatic hydroxyl groups is 1. The van der Waals surface area contributed by atoms with Crippen LogP contribution < -0.4 is 4.74 Å². The zero-order chi connectivity index (χ0) is 21.8. The fraction of sp³-hybridized carbons (Fsp3) is 0.304. The minimum atomic E-state index is -0.787. The van der Waals surface area contributed by atoms with E-state index in [2.05, 4.69) is 0 Å². The van der Waals surface area contributed by atoms with Gasteiger partial charge in [-0.05, 0) is 56.9 Å². The van der Waals surface area contributed by atoms with Gasteiger partial charge in [-0.2, -0.15) is 0 Å². The number of phenols is 1. The Balaban J connectivity index is 2.11. The van der Waals surface area contributed by atoms with Crippen LogP contribution >= 0.6 is 0 Å². The molecular formula is C23H26N2O5. The van der Waals surface area contributed by atoms with Crippen molar-refractivity contribution >= 4 is 17.4 Å². The Morgan fingerprint density at radius 3 is 2.53 bits per heavy atom. The molecule has 1 aliphatic heterocycles. The molecule has 2 N–H and O–H groups in total. The van der Waals surface area contributed by atoms with Crippen molar-refractivity contribution in [2.24, 2.45) is 0 Å². The lowest BCUT2D eigenvalue weighted by Gasteiger charge is -2.26. The van der Waals surface area contributed by atoms with Gasteiger partial charge in [-0.1, -0.05) is 24.3 Å². The highest BCUT2D eigenvalue weighted by atomic mass is 16.5. The highest BCUT2D eigenvalue weighted by molar-refractivity contribution is 6.46. The fourth-order valence-corrected chi connectivity index (χ4v) is 3.64. The molecule has 158 valence electrons. The molecule has 1 heterocycles. The van der Waals surface area contributed by atoms with Gasteiger partial charge in [0.15, 0.2) is 0 Å². The lowest BCUT2D eigenvalue weighted by molar-refractivity contribution is -0.139. The summed E-state index contributed by atoms with van der Waals surface area (Å²) in [5.74, 6) is -1.13. The number of aromatic hydroxyl groups is 1. The van der Waals surface area contributed by atoms with E-state index in [0.717, 1.165) is 6.54 Å². The van der Waals surface area contributed by atoms with Crippen molar-refractivity contribution in [2.45, 2.75) is 12.5 Å². The molecule has 1 saturated heterocycles. The van der Waals surface area contributed by atoms with Gasteiger partial charge in [0.2, 0.25) is 0 Å². The molecule has 1 aliphatic rings. The molecule has 0 radical (unpaired) electrons. The number of likely N-dealkylation sites (tertiary alicyclic amines) is 1. The van der Waals surface area contributed by atoms with Crippen molar-refractivity contribution in [3.05, 3.63) is 65.2 Å². The molecular weight excluding hydrogens is 384 g/mol. The number of carbonyl (C=O) groups excluding carboxylic acids is 2. The number of aliphatic hydroxyl groups excluding tert-OH is 1. The van der Waals surface area contributed by atoms with Gasteiger partial charge in [0.25, 0.3) is 11.7 Å². The summed E-state index contributed by atoms with van der Waals surface area (Å²) in [5.41, 5.74) is 0.943. The van der Waals surface area contributed by atoms with Crippen molar-refractivity contribution in [3.8, 4) is 11.5 Å². The number of methoxy groups -OCH3 is 1. The molecule has 0 aliphatic carbocycles. The molecule has 3 rings (SSSR count). The Hall–Kier alpha value is -3.32. The average molecular weight is 410 g/mol. The standard InChI is InChI=1S/C23H26N2O5/c1-24(2)11-6-12-25-20(15-7-4-9-17(26)13-15)19(22(28)23(25)29)21(27)16-8-5-10-18(14-16)30-3/h4-5,7-10,13-14,20,26-27H,6,11-12H2,1-3H3/b21-19-. The summed E-state index contributed by atoms with van der Waals surface area (Å²) in [6, 6.07) is 12.3. The Kier molecular flexibility index (Phi) is 6.42. The highest BCUT2D eigenvalue weighted by Gasteiger charge is 2.45. The number of ketones is 1. The Morgan fingerprint density at radius 1 is 1.13 bits per heavy atom. The van der Waals surface area contributed by atoms with Gasteiger partial charge in [0.05, 0.1) is 18.7 Å². The maximum Gasteiger partial charge on any atom is 0.295 e. The van der Waals surface area contributed by atoms with E-state index in [4.69, 9.17) is 4.74 Å². The first-order valence-corrected chi connectivity index (χ1v) is 9.70. The summed E-state index contributed by atoms with van der Waals surface area (Å²) in [5, 5.41) is 21.0. The smallest absolute Gasteiger partial charge is 0.295 e. The predicted octanol–water partition coefficient (Wildman–Crippen LogP) is 2.77. The van der Waals surface area contributed by atoms with Crippen LogP contribution in [0.1, 0.15) is 23.6 Å². The van der Waals surface area contributed by atoms with Crippen LogP contribution in [0.15, 0.2) is 54.1 Å². The third kappa shape index (κ3) is 4.31. The van der Waals surface area contributed by atoms with Crippen LogP contribution in [0.25, 0.3) is 5.76 Å². The van der Waals surface area contributed by atoms with Crippen molar-refractivity contribution < 1.29 is 24.5 Å². The monoisotopic (exact) mass is 410 g/mol. The molecule has 7 nitrogen and oxygen atoms in total. The summed E-state index contributed by atoms with van der Waals surface area (Å²) < 4.78 is 5.21. The van der Waals surface area contributed by atoms with Crippen molar-refractivity contribution in [1.29, 1.82) is 0 Å². The molecule has 2 aromatic rings. The summed E-state index contributed by atoms with van der Waals surface area (Å²) in [6.45, 7) is 1.09. The van der Waals surface area contributed by atoms with E-state index in [1.807, 2.05) is 19.0 Å².